The lowest BCUT2D eigenvalue weighted by atomic mass is 10.1. The Hall–Kier alpha value is -2.28. The minimum Gasteiger partial charge on any atom is -0.385 e. The molecule has 1 aromatic heterocycles. The third kappa shape index (κ3) is 2.89. The molecule has 92 valence electrons. The van der Waals surface area contributed by atoms with Crippen LogP contribution < -0.4 is 5.32 Å². The normalized spacial score (nSPS) is 10.1. The number of hydrogen-bond donors (Lipinski definition) is 1. The highest BCUT2D eigenvalue weighted by Gasteiger charge is 2.00. The Labute approximate surface area is 107 Å². The SMILES string of the molecule is Cc1cc(NCCc2ccn(C)n2)ccc1C#N. The summed E-state index contributed by atoms with van der Waals surface area (Å²) in [5, 5.41) is 16.5. The number of benzene rings is 1. The van der Waals surface area contributed by atoms with Gasteiger partial charge in [-0.15, -0.1) is 0 Å². The molecule has 4 heteroatoms. The number of nitrogens with one attached hydrogen (secondary N) is 1. The molecule has 0 saturated carbocycles. The van der Waals surface area contributed by atoms with Gasteiger partial charge in [0, 0.05) is 31.9 Å². The van der Waals surface area contributed by atoms with E-state index in [2.05, 4.69) is 16.5 Å². The van der Waals surface area contributed by atoms with Gasteiger partial charge in [-0.1, -0.05) is 0 Å². The molecule has 0 fully saturated rings. The molecule has 0 radical (unpaired) electrons. The second kappa shape index (κ2) is 5.37. The quantitative estimate of drug-likeness (QED) is 0.891. The van der Waals surface area contributed by atoms with Crippen molar-refractivity contribution in [2.75, 3.05) is 11.9 Å². The Morgan fingerprint density at radius 1 is 1.39 bits per heavy atom. The van der Waals surface area contributed by atoms with Gasteiger partial charge in [0.1, 0.15) is 0 Å². The van der Waals surface area contributed by atoms with Crippen LogP contribution in [0.25, 0.3) is 0 Å². The minimum atomic E-state index is 0.727. The molecule has 2 aromatic rings. The van der Waals surface area contributed by atoms with Gasteiger partial charge in [-0.05, 0) is 36.8 Å². The largest absolute Gasteiger partial charge is 0.385 e. The van der Waals surface area contributed by atoms with Gasteiger partial charge in [-0.2, -0.15) is 10.4 Å². The van der Waals surface area contributed by atoms with E-state index in [0.717, 1.165) is 35.5 Å². The maximum atomic E-state index is 8.86. The summed E-state index contributed by atoms with van der Waals surface area (Å²) in [6.07, 6.45) is 2.83. The van der Waals surface area contributed by atoms with Gasteiger partial charge < -0.3 is 5.32 Å². The molecule has 0 amide bonds. The maximum absolute atomic E-state index is 8.86. The second-order valence-electron chi connectivity index (χ2n) is 4.30. The number of rotatable bonds is 4. The van der Waals surface area contributed by atoms with E-state index in [1.807, 2.05) is 44.4 Å². The third-order valence-corrected chi connectivity index (χ3v) is 2.83. The monoisotopic (exact) mass is 240 g/mol. The molecule has 0 bridgehead atoms. The van der Waals surface area contributed by atoms with Gasteiger partial charge in [0.2, 0.25) is 0 Å². The molecule has 18 heavy (non-hydrogen) atoms. The fourth-order valence-electron chi connectivity index (χ4n) is 1.83. The van der Waals surface area contributed by atoms with E-state index >= 15 is 0 Å². The fourth-order valence-corrected chi connectivity index (χ4v) is 1.83. The lowest BCUT2D eigenvalue weighted by Crippen LogP contribution is -2.06. The average molecular weight is 240 g/mol. The van der Waals surface area contributed by atoms with Crippen LogP contribution in [0, 0.1) is 18.3 Å². The number of nitriles is 1. The van der Waals surface area contributed by atoms with E-state index in [4.69, 9.17) is 5.26 Å². The van der Waals surface area contributed by atoms with Gasteiger partial charge in [-0.25, -0.2) is 0 Å². The van der Waals surface area contributed by atoms with Crippen LogP contribution in [0.15, 0.2) is 30.5 Å². The molecular weight excluding hydrogens is 224 g/mol. The topological polar surface area (TPSA) is 53.6 Å². The number of aromatic nitrogens is 2. The molecule has 0 spiro atoms. The highest BCUT2D eigenvalue weighted by Crippen LogP contribution is 2.14. The van der Waals surface area contributed by atoms with Crippen molar-refractivity contribution in [2.24, 2.45) is 7.05 Å². The predicted molar refractivity (Wildman–Crippen MR) is 71.3 cm³/mol. The van der Waals surface area contributed by atoms with Crippen molar-refractivity contribution in [1.29, 1.82) is 5.26 Å². The van der Waals surface area contributed by atoms with E-state index < -0.39 is 0 Å². The van der Waals surface area contributed by atoms with Crippen molar-refractivity contribution in [3.63, 3.8) is 0 Å². The molecule has 0 aliphatic rings. The van der Waals surface area contributed by atoms with E-state index in [0.29, 0.717) is 0 Å². The van der Waals surface area contributed by atoms with Crippen molar-refractivity contribution >= 4 is 5.69 Å². The highest BCUT2D eigenvalue weighted by molar-refractivity contribution is 5.51. The van der Waals surface area contributed by atoms with Gasteiger partial charge in [0.25, 0.3) is 0 Å². The van der Waals surface area contributed by atoms with Crippen LogP contribution in [0.4, 0.5) is 5.69 Å². The lowest BCUT2D eigenvalue weighted by molar-refractivity contribution is 0.742. The van der Waals surface area contributed by atoms with E-state index in [-0.39, 0.29) is 0 Å². The first-order valence-electron chi connectivity index (χ1n) is 5.92. The lowest BCUT2D eigenvalue weighted by Gasteiger charge is -2.06. The van der Waals surface area contributed by atoms with E-state index in [1.54, 1.807) is 4.68 Å². The molecule has 0 aliphatic heterocycles. The molecule has 0 saturated heterocycles. The van der Waals surface area contributed by atoms with Gasteiger partial charge in [0.15, 0.2) is 0 Å². The summed E-state index contributed by atoms with van der Waals surface area (Å²) < 4.78 is 1.81. The zero-order valence-electron chi connectivity index (χ0n) is 10.6. The van der Waals surface area contributed by atoms with Crippen LogP contribution in [0.1, 0.15) is 16.8 Å². The molecule has 0 unspecified atom stereocenters. The van der Waals surface area contributed by atoms with Crippen molar-refractivity contribution in [2.45, 2.75) is 13.3 Å². The molecule has 1 aromatic carbocycles. The molecule has 0 aliphatic carbocycles. The number of anilines is 1. The Balaban J connectivity index is 1.91. The van der Waals surface area contributed by atoms with Crippen molar-refractivity contribution in [3.8, 4) is 6.07 Å². The Kier molecular flexibility index (Phi) is 3.63. The highest BCUT2D eigenvalue weighted by atomic mass is 15.2. The van der Waals surface area contributed by atoms with Crippen LogP contribution in [-0.4, -0.2) is 16.3 Å². The number of hydrogen-bond acceptors (Lipinski definition) is 3. The first-order chi connectivity index (χ1) is 8.69. The summed E-state index contributed by atoms with van der Waals surface area (Å²) in [6.45, 7) is 2.78. The second-order valence-corrected chi connectivity index (χ2v) is 4.30. The fraction of sp³-hybridized carbons (Fsp3) is 0.286. The summed E-state index contributed by atoms with van der Waals surface area (Å²) in [5.74, 6) is 0. The molecule has 0 atom stereocenters. The first-order valence-corrected chi connectivity index (χ1v) is 5.92. The molecular formula is C14H16N4. The van der Waals surface area contributed by atoms with E-state index in [1.165, 1.54) is 0 Å². The smallest absolute Gasteiger partial charge is 0.0994 e. The number of aryl methyl sites for hydroxylation is 2. The van der Waals surface area contributed by atoms with Crippen molar-refractivity contribution in [3.05, 3.63) is 47.3 Å². The predicted octanol–water partition coefficient (Wildman–Crippen LogP) is 2.25. The van der Waals surface area contributed by atoms with Crippen molar-refractivity contribution < 1.29 is 0 Å². The van der Waals surface area contributed by atoms with E-state index in [9.17, 15) is 0 Å². The summed E-state index contributed by atoms with van der Waals surface area (Å²) in [6, 6.07) is 9.96. The molecule has 2 rings (SSSR count). The molecule has 4 nitrogen and oxygen atoms in total. The molecule has 1 heterocycles. The average Bonchev–Trinajstić information content (AvgIpc) is 2.75. The summed E-state index contributed by atoms with van der Waals surface area (Å²) in [7, 11) is 1.92. The number of nitrogens with zero attached hydrogens (tertiary/aromatic N) is 3. The van der Waals surface area contributed by atoms with Crippen LogP contribution in [0.5, 0.6) is 0 Å². The Bertz CT molecular complexity index is 578. The van der Waals surface area contributed by atoms with Gasteiger partial charge in [0.05, 0.1) is 17.3 Å². The summed E-state index contributed by atoms with van der Waals surface area (Å²) >= 11 is 0. The Morgan fingerprint density at radius 3 is 2.83 bits per heavy atom. The maximum Gasteiger partial charge on any atom is 0.0994 e. The summed E-state index contributed by atoms with van der Waals surface area (Å²) in [5.41, 5.74) is 3.85. The minimum absolute atomic E-state index is 0.727. The standard InChI is InChI=1S/C14H16N4/c1-11-9-14(4-3-12(11)10-15)16-7-5-13-6-8-18(2)17-13/h3-4,6,8-9,16H,5,7H2,1-2H3. The van der Waals surface area contributed by atoms with Crippen LogP contribution in [0.3, 0.4) is 0 Å². The third-order valence-electron chi connectivity index (χ3n) is 2.83. The summed E-state index contributed by atoms with van der Waals surface area (Å²) in [4.78, 5) is 0. The zero-order chi connectivity index (χ0) is 13.0. The zero-order valence-corrected chi connectivity index (χ0v) is 10.6. The van der Waals surface area contributed by atoms with Crippen molar-refractivity contribution in [1.82, 2.24) is 9.78 Å². The molecule has 1 N–H and O–H groups in total. The van der Waals surface area contributed by atoms with Crippen LogP contribution in [0.2, 0.25) is 0 Å². The first kappa shape index (κ1) is 12.2. The van der Waals surface area contributed by atoms with Crippen LogP contribution >= 0.6 is 0 Å². The van der Waals surface area contributed by atoms with Gasteiger partial charge in [-0.3, -0.25) is 4.68 Å². The Morgan fingerprint density at radius 2 is 2.22 bits per heavy atom. The van der Waals surface area contributed by atoms with Crippen LogP contribution in [-0.2, 0) is 13.5 Å². The van der Waals surface area contributed by atoms with Gasteiger partial charge >= 0.3 is 0 Å².